The number of carbonyl (C=O) groups excluding carboxylic acids is 1. The Hall–Kier alpha value is -2.14. The number of hydrogen-bond acceptors (Lipinski definition) is 3. The molecule has 0 spiro atoms. The van der Waals surface area contributed by atoms with Gasteiger partial charge in [-0.25, -0.2) is 0 Å². The highest BCUT2D eigenvalue weighted by Crippen LogP contribution is 2.14. The third-order valence-electron chi connectivity index (χ3n) is 3.14. The van der Waals surface area contributed by atoms with Crippen molar-refractivity contribution in [2.45, 2.75) is 25.8 Å². The van der Waals surface area contributed by atoms with E-state index in [-0.39, 0.29) is 18.4 Å². The van der Waals surface area contributed by atoms with Crippen molar-refractivity contribution in [3.05, 3.63) is 53.3 Å². The van der Waals surface area contributed by atoms with Gasteiger partial charge in [-0.05, 0) is 17.5 Å². The quantitative estimate of drug-likeness (QED) is 0.779. The van der Waals surface area contributed by atoms with Crippen LogP contribution in [0.25, 0.3) is 0 Å². The molecular formula is C15H19N3O2. The number of aliphatic hydroxyl groups excluding tert-OH is 1. The smallest absolute Gasteiger partial charge is 0.272 e. The van der Waals surface area contributed by atoms with Crippen LogP contribution in [-0.2, 0) is 0 Å². The SMILES string of the molecule is CC(C)c1cc(C(=O)NC(CO)c2ccccc2)n[nH]1. The van der Waals surface area contributed by atoms with E-state index in [1.807, 2.05) is 44.2 Å². The molecule has 0 saturated heterocycles. The van der Waals surface area contributed by atoms with Crippen molar-refractivity contribution in [1.82, 2.24) is 15.5 Å². The summed E-state index contributed by atoms with van der Waals surface area (Å²) in [5.41, 5.74) is 2.11. The molecule has 20 heavy (non-hydrogen) atoms. The Morgan fingerprint density at radius 2 is 2.05 bits per heavy atom. The van der Waals surface area contributed by atoms with Crippen molar-refractivity contribution in [3.63, 3.8) is 0 Å². The van der Waals surface area contributed by atoms with Crippen molar-refractivity contribution in [2.75, 3.05) is 6.61 Å². The number of hydrogen-bond donors (Lipinski definition) is 3. The minimum absolute atomic E-state index is 0.156. The molecule has 106 valence electrons. The monoisotopic (exact) mass is 273 g/mol. The van der Waals surface area contributed by atoms with E-state index in [2.05, 4.69) is 15.5 Å². The summed E-state index contributed by atoms with van der Waals surface area (Å²) in [6, 6.07) is 10.7. The fraction of sp³-hybridized carbons (Fsp3) is 0.333. The molecule has 1 heterocycles. The van der Waals surface area contributed by atoms with E-state index in [9.17, 15) is 9.90 Å². The van der Waals surface area contributed by atoms with Gasteiger partial charge in [0.05, 0.1) is 12.6 Å². The Balaban J connectivity index is 2.09. The second-order valence-electron chi connectivity index (χ2n) is 4.98. The maximum absolute atomic E-state index is 12.1. The molecule has 0 aliphatic rings. The normalized spacial score (nSPS) is 12.4. The first-order valence-electron chi connectivity index (χ1n) is 6.63. The Morgan fingerprint density at radius 1 is 1.35 bits per heavy atom. The Labute approximate surface area is 118 Å². The lowest BCUT2D eigenvalue weighted by Crippen LogP contribution is -2.31. The van der Waals surface area contributed by atoms with Crippen LogP contribution in [-0.4, -0.2) is 27.8 Å². The predicted octanol–water partition coefficient (Wildman–Crippen LogP) is 2.00. The van der Waals surface area contributed by atoms with Gasteiger partial charge in [-0.3, -0.25) is 9.89 Å². The van der Waals surface area contributed by atoms with Gasteiger partial charge in [0.2, 0.25) is 0 Å². The Bertz CT molecular complexity index is 564. The van der Waals surface area contributed by atoms with E-state index in [1.165, 1.54) is 0 Å². The molecule has 0 aliphatic carbocycles. The highest BCUT2D eigenvalue weighted by atomic mass is 16.3. The molecule has 0 aliphatic heterocycles. The van der Waals surface area contributed by atoms with E-state index < -0.39 is 6.04 Å². The topological polar surface area (TPSA) is 78.0 Å². The first kappa shape index (κ1) is 14.3. The van der Waals surface area contributed by atoms with Gasteiger partial charge in [-0.1, -0.05) is 44.2 Å². The molecule has 5 heteroatoms. The van der Waals surface area contributed by atoms with Crippen LogP contribution in [0, 0.1) is 0 Å². The molecule has 1 aromatic heterocycles. The van der Waals surface area contributed by atoms with E-state index >= 15 is 0 Å². The maximum Gasteiger partial charge on any atom is 0.272 e. The van der Waals surface area contributed by atoms with Gasteiger partial charge in [0, 0.05) is 5.69 Å². The van der Waals surface area contributed by atoms with Crippen molar-refractivity contribution < 1.29 is 9.90 Å². The van der Waals surface area contributed by atoms with Crippen LogP contribution in [0.5, 0.6) is 0 Å². The van der Waals surface area contributed by atoms with Crippen LogP contribution in [0.2, 0.25) is 0 Å². The summed E-state index contributed by atoms with van der Waals surface area (Å²) in [7, 11) is 0. The molecule has 1 unspecified atom stereocenters. The van der Waals surface area contributed by atoms with Crippen LogP contribution in [0.1, 0.15) is 47.6 Å². The largest absolute Gasteiger partial charge is 0.394 e. The number of aromatic amines is 1. The van der Waals surface area contributed by atoms with Gasteiger partial charge < -0.3 is 10.4 Å². The van der Waals surface area contributed by atoms with Crippen LogP contribution < -0.4 is 5.32 Å². The standard InChI is InChI=1S/C15H19N3O2/c1-10(2)12-8-13(18-17-12)15(20)16-14(9-19)11-6-4-3-5-7-11/h3-8,10,14,19H,9H2,1-2H3,(H,16,20)(H,17,18). The lowest BCUT2D eigenvalue weighted by molar-refractivity contribution is 0.0911. The molecular weight excluding hydrogens is 254 g/mol. The van der Waals surface area contributed by atoms with E-state index in [4.69, 9.17) is 0 Å². The maximum atomic E-state index is 12.1. The lowest BCUT2D eigenvalue weighted by Gasteiger charge is -2.15. The molecule has 1 aromatic carbocycles. The fourth-order valence-corrected chi connectivity index (χ4v) is 1.90. The molecule has 3 N–H and O–H groups in total. The third-order valence-corrected chi connectivity index (χ3v) is 3.14. The fourth-order valence-electron chi connectivity index (χ4n) is 1.90. The average Bonchev–Trinajstić information content (AvgIpc) is 2.95. The van der Waals surface area contributed by atoms with Gasteiger partial charge >= 0.3 is 0 Å². The van der Waals surface area contributed by atoms with E-state index in [1.54, 1.807) is 6.07 Å². The van der Waals surface area contributed by atoms with Gasteiger partial charge in [-0.2, -0.15) is 5.10 Å². The minimum Gasteiger partial charge on any atom is -0.394 e. The summed E-state index contributed by atoms with van der Waals surface area (Å²) >= 11 is 0. The average molecular weight is 273 g/mol. The molecule has 0 bridgehead atoms. The highest BCUT2D eigenvalue weighted by Gasteiger charge is 2.17. The zero-order chi connectivity index (χ0) is 14.5. The second kappa shape index (κ2) is 6.34. The molecule has 1 atom stereocenters. The van der Waals surface area contributed by atoms with Crippen LogP contribution >= 0.6 is 0 Å². The van der Waals surface area contributed by atoms with Crippen molar-refractivity contribution >= 4 is 5.91 Å². The number of amides is 1. The molecule has 2 rings (SSSR count). The van der Waals surface area contributed by atoms with Gasteiger partial charge in [0.1, 0.15) is 5.69 Å². The summed E-state index contributed by atoms with van der Waals surface area (Å²) in [4.78, 5) is 12.1. The summed E-state index contributed by atoms with van der Waals surface area (Å²) < 4.78 is 0. The Kier molecular flexibility index (Phi) is 4.53. The van der Waals surface area contributed by atoms with E-state index in [0.717, 1.165) is 11.3 Å². The van der Waals surface area contributed by atoms with Gasteiger partial charge in [0.15, 0.2) is 0 Å². The van der Waals surface area contributed by atoms with Crippen LogP contribution in [0.3, 0.4) is 0 Å². The number of aromatic nitrogens is 2. The molecule has 1 amide bonds. The lowest BCUT2D eigenvalue weighted by atomic mass is 10.1. The number of nitrogens with one attached hydrogen (secondary N) is 2. The van der Waals surface area contributed by atoms with Crippen molar-refractivity contribution in [1.29, 1.82) is 0 Å². The predicted molar refractivity (Wildman–Crippen MR) is 76.4 cm³/mol. The first-order chi connectivity index (χ1) is 9.61. The molecule has 0 saturated carbocycles. The first-order valence-corrected chi connectivity index (χ1v) is 6.63. The number of carbonyl (C=O) groups is 1. The Morgan fingerprint density at radius 3 is 2.60 bits per heavy atom. The summed E-state index contributed by atoms with van der Waals surface area (Å²) in [5.74, 6) is -0.0112. The number of aliphatic hydroxyl groups is 1. The molecule has 0 fully saturated rings. The number of rotatable bonds is 5. The van der Waals surface area contributed by atoms with Crippen LogP contribution in [0.15, 0.2) is 36.4 Å². The van der Waals surface area contributed by atoms with Crippen molar-refractivity contribution in [3.8, 4) is 0 Å². The number of benzene rings is 1. The summed E-state index contributed by atoms with van der Waals surface area (Å²) in [6.07, 6.45) is 0. The second-order valence-corrected chi connectivity index (χ2v) is 4.98. The summed E-state index contributed by atoms with van der Waals surface area (Å²) in [5, 5.41) is 19.0. The highest BCUT2D eigenvalue weighted by molar-refractivity contribution is 5.92. The third kappa shape index (κ3) is 3.24. The van der Waals surface area contributed by atoms with E-state index in [0.29, 0.717) is 5.69 Å². The number of nitrogens with zero attached hydrogens (tertiary/aromatic N) is 1. The van der Waals surface area contributed by atoms with Crippen molar-refractivity contribution in [2.24, 2.45) is 0 Å². The van der Waals surface area contributed by atoms with Crippen LogP contribution in [0.4, 0.5) is 0 Å². The zero-order valence-corrected chi connectivity index (χ0v) is 11.6. The minimum atomic E-state index is -0.428. The summed E-state index contributed by atoms with van der Waals surface area (Å²) in [6.45, 7) is 3.89. The molecule has 0 radical (unpaired) electrons. The molecule has 5 nitrogen and oxygen atoms in total. The number of H-pyrrole nitrogens is 1. The van der Waals surface area contributed by atoms with Gasteiger partial charge in [0.25, 0.3) is 5.91 Å². The zero-order valence-electron chi connectivity index (χ0n) is 11.6. The molecule has 2 aromatic rings. The van der Waals surface area contributed by atoms with Gasteiger partial charge in [-0.15, -0.1) is 0 Å².